The second kappa shape index (κ2) is 11.2. The zero-order chi connectivity index (χ0) is 27.4. The Kier molecular flexibility index (Phi) is 7.40. The van der Waals surface area contributed by atoms with Crippen LogP contribution in [0.15, 0.2) is 85.2 Å². The molecule has 2 aromatic heterocycles. The number of aromatic nitrogens is 2. The fourth-order valence-corrected chi connectivity index (χ4v) is 4.65. The summed E-state index contributed by atoms with van der Waals surface area (Å²) in [6.07, 6.45) is 3.83. The number of hydrogen-bond donors (Lipinski definition) is 3. The number of H-pyrrole nitrogens is 1. The van der Waals surface area contributed by atoms with Gasteiger partial charge in [-0.3, -0.25) is 14.6 Å². The highest BCUT2D eigenvalue weighted by molar-refractivity contribution is 5.89. The second-order valence-electron chi connectivity index (χ2n) is 9.06. The van der Waals surface area contributed by atoms with Gasteiger partial charge < -0.3 is 15.6 Å². The van der Waals surface area contributed by atoms with E-state index in [9.17, 15) is 22.8 Å². The van der Waals surface area contributed by atoms with Crippen LogP contribution in [0.1, 0.15) is 22.9 Å². The zero-order valence-corrected chi connectivity index (χ0v) is 20.5. The van der Waals surface area contributed by atoms with Gasteiger partial charge in [-0.15, -0.1) is 0 Å². The average Bonchev–Trinajstić information content (AvgIpc) is 3.30. The van der Waals surface area contributed by atoms with Crippen molar-refractivity contribution in [3.8, 4) is 11.1 Å². The largest absolute Gasteiger partial charge is 0.361 e. The van der Waals surface area contributed by atoms with Crippen LogP contribution in [0.25, 0.3) is 22.0 Å². The molecule has 9 heteroatoms. The number of carbonyl (C=O) groups is 2. The number of carbonyl (C=O) groups excluding carboxylic acids is 2. The van der Waals surface area contributed by atoms with Crippen molar-refractivity contribution >= 4 is 28.9 Å². The number of hydrogen-bond acceptors (Lipinski definition) is 3. The van der Waals surface area contributed by atoms with E-state index in [0.29, 0.717) is 45.4 Å². The highest BCUT2D eigenvalue weighted by Crippen LogP contribution is 2.30. The Hall–Kier alpha value is -4.92. The summed E-state index contributed by atoms with van der Waals surface area (Å²) < 4.78 is 41.9. The molecule has 2 amide bonds. The lowest BCUT2D eigenvalue weighted by Gasteiger charge is -2.22. The number of amides is 2. The van der Waals surface area contributed by atoms with Gasteiger partial charge in [-0.25, -0.2) is 13.2 Å². The predicted molar refractivity (Wildman–Crippen MR) is 142 cm³/mol. The molecular formula is C30H23F3N4O2. The van der Waals surface area contributed by atoms with E-state index in [4.69, 9.17) is 0 Å². The molecule has 1 atom stereocenters. The van der Waals surface area contributed by atoms with Gasteiger partial charge in [0.25, 0.3) is 0 Å². The molecular weight excluding hydrogens is 505 g/mol. The molecule has 5 rings (SSSR count). The molecule has 3 N–H and O–H groups in total. The first kappa shape index (κ1) is 25.7. The van der Waals surface area contributed by atoms with E-state index in [0.717, 1.165) is 11.6 Å². The van der Waals surface area contributed by atoms with Crippen molar-refractivity contribution < 1.29 is 22.8 Å². The fraction of sp³-hybridized carbons (Fsp3) is 0.100. The van der Waals surface area contributed by atoms with E-state index >= 15 is 0 Å². The van der Waals surface area contributed by atoms with E-state index in [-0.39, 0.29) is 18.7 Å². The second-order valence-corrected chi connectivity index (χ2v) is 9.06. The Labute approximate surface area is 221 Å². The number of nitrogens with one attached hydrogen (secondary N) is 3. The number of rotatable bonds is 9. The maximum atomic E-state index is 14.0. The van der Waals surface area contributed by atoms with Crippen molar-refractivity contribution in [2.45, 2.75) is 18.9 Å². The van der Waals surface area contributed by atoms with E-state index < -0.39 is 23.5 Å². The summed E-state index contributed by atoms with van der Waals surface area (Å²) in [7, 11) is 0. The minimum absolute atomic E-state index is 0.0499. The smallest absolute Gasteiger partial charge is 0.225 e. The molecule has 2 heterocycles. The third kappa shape index (κ3) is 5.98. The van der Waals surface area contributed by atoms with Crippen LogP contribution in [0.5, 0.6) is 0 Å². The van der Waals surface area contributed by atoms with Crippen molar-refractivity contribution in [2.24, 2.45) is 0 Å². The molecule has 0 spiro atoms. The Morgan fingerprint density at radius 2 is 1.72 bits per heavy atom. The number of benzene rings is 3. The Morgan fingerprint density at radius 3 is 2.46 bits per heavy atom. The monoisotopic (exact) mass is 528 g/mol. The van der Waals surface area contributed by atoms with Crippen LogP contribution >= 0.6 is 0 Å². The summed E-state index contributed by atoms with van der Waals surface area (Å²) in [5.41, 5.74) is 4.22. The molecule has 196 valence electrons. The molecule has 5 aromatic rings. The molecule has 3 aromatic carbocycles. The lowest BCUT2D eigenvalue weighted by molar-refractivity contribution is -0.121. The molecule has 0 saturated heterocycles. The van der Waals surface area contributed by atoms with Crippen LogP contribution in [0.4, 0.5) is 18.9 Å². The van der Waals surface area contributed by atoms with Gasteiger partial charge in [0.05, 0.1) is 18.2 Å². The highest BCUT2D eigenvalue weighted by atomic mass is 19.1. The number of anilines is 1. The minimum atomic E-state index is -0.746. The normalized spacial score (nSPS) is 11.8. The average molecular weight is 529 g/mol. The molecule has 6 nitrogen and oxygen atoms in total. The SMILES string of the molecule is O=CNc1ccc(-c2cccnc2[C@H](Cc2cc(F)cc(F)c2)NC(=O)Cc2c[nH]c3ccc(F)cc23)cc1. The summed E-state index contributed by atoms with van der Waals surface area (Å²) in [6, 6.07) is 17.4. The van der Waals surface area contributed by atoms with Gasteiger partial charge in [0.2, 0.25) is 12.3 Å². The maximum absolute atomic E-state index is 14.0. The summed E-state index contributed by atoms with van der Waals surface area (Å²) in [6.45, 7) is 0. The molecule has 0 bridgehead atoms. The first-order valence-corrected chi connectivity index (χ1v) is 12.1. The Morgan fingerprint density at radius 1 is 0.949 bits per heavy atom. The van der Waals surface area contributed by atoms with Crippen molar-refractivity contribution in [2.75, 3.05) is 5.32 Å². The summed E-state index contributed by atoms with van der Waals surface area (Å²) in [5.74, 6) is -2.24. The van der Waals surface area contributed by atoms with E-state index in [2.05, 4.69) is 20.6 Å². The molecule has 0 saturated carbocycles. The number of nitrogens with zero attached hydrogens (tertiary/aromatic N) is 1. The van der Waals surface area contributed by atoms with Gasteiger partial charge in [-0.2, -0.15) is 0 Å². The van der Waals surface area contributed by atoms with Crippen LogP contribution in [-0.2, 0) is 22.4 Å². The standard InChI is InChI=1S/C30H23F3N4O2/c31-21-5-8-27-26(15-21)20(16-35-27)13-29(39)37-28(12-18-10-22(32)14-23(33)11-18)30-25(2-1-9-34-30)19-3-6-24(7-4-19)36-17-38/h1-11,14-17,28,35H,12-13H2,(H,36,38)(H,37,39)/t28-/m0/s1. The number of pyridine rings is 1. The fourth-order valence-electron chi connectivity index (χ4n) is 4.65. The molecule has 0 aliphatic carbocycles. The topological polar surface area (TPSA) is 86.9 Å². The quantitative estimate of drug-likeness (QED) is 0.210. The molecule has 0 radical (unpaired) electrons. The number of halogens is 3. The highest BCUT2D eigenvalue weighted by Gasteiger charge is 2.22. The van der Waals surface area contributed by atoms with Gasteiger partial charge in [-0.1, -0.05) is 18.2 Å². The summed E-state index contributed by atoms with van der Waals surface area (Å²) in [4.78, 5) is 31.6. The lowest BCUT2D eigenvalue weighted by atomic mass is 9.95. The molecule has 0 aliphatic heterocycles. The van der Waals surface area contributed by atoms with Crippen molar-refractivity contribution in [3.63, 3.8) is 0 Å². The number of fused-ring (bicyclic) bond motifs is 1. The van der Waals surface area contributed by atoms with Crippen LogP contribution in [0, 0.1) is 17.5 Å². The van der Waals surface area contributed by atoms with Gasteiger partial charge in [0.1, 0.15) is 17.5 Å². The summed E-state index contributed by atoms with van der Waals surface area (Å²) in [5, 5.41) is 6.14. The van der Waals surface area contributed by atoms with E-state index in [1.54, 1.807) is 48.8 Å². The van der Waals surface area contributed by atoms with Crippen molar-refractivity contribution in [1.82, 2.24) is 15.3 Å². The molecule has 0 aliphatic rings. The maximum Gasteiger partial charge on any atom is 0.225 e. The van der Waals surface area contributed by atoms with Gasteiger partial charge in [-0.05, 0) is 71.6 Å². The Balaban J connectivity index is 1.49. The van der Waals surface area contributed by atoms with Crippen LogP contribution in [-0.4, -0.2) is 22.3 Å². The van der Waals surface area contributed by atoms with Crippen LogP contribution in [0.3, 0.4) is 0 Å². The molecule has 0 fully saturated rings. The first-order chi connectivity index (χ1) is 18.9. The van der Waals surface area contributed by atoms with Crippen molar-refractivity contribution in [3.05, 3.63) is 119 Å². The first-order valence-electron chi connectivity index (χ1n) is 12.1. The predicted octanol–water partition coefficient (Wildman–Crippen LogP) is 5.86. The zero-order valence-electron chi connectivity index (χ0n) is 20.5. The van der Waals surface area contributed by atoms with Crippen molar-refractivity contribution in [1.29, 1.82) is 0 Å². The van der Waals surface area contributed by atoms with E-state index in [1.165, 1.54) is 24.3 Å². The third-order valence-corrected chi connectivity index (χ3v) is 6.37. The molecule has 0 unspecified atom stereocenters. The Bertz CT molecular complexity index is 1630. The minimum Gasteiger partial charge on any atom is -0.361 e. The molecule has 39 heavy (non-hydrogen) atoms. The third-order valence-electron chi connectivity index (χ3n) is 6.37. The van der Waals surface area contributed by atoms with Crippen LogP contribution < -0.4 is 10.6 Å². The van der Waals surface area contributed by atoms with Gasteiger partial charge >= 0.3 is 0 Å². The van der Waals surface area contributed by atoms with Gasteiger partial charge in [0, 0.05) is 40.6 Å². The summed E-state index contributed by atoms with van der Waals surface area (Å²) >= 11 is 0. The van der Waals surface area contributed by atoms with Gasteiger partial charge in [0.15, 0.2) is 0 Å². The lowest BCUT2D eigenvalue weighted by Crippen LogP contribution is -2.32. The number of aromatic amines is 1. The van der Waals surface area contributed by atoms with Crippen LogP contribution in [0.2, 0.25) is 0 Å². The van der Waals surface area contributed by atoms with E-state index in [1.807, 2.05) is 6.07 Å².